The van der Waals surface area contributed by atoms with Gasteiger partial charge in [-0.05, 0) is 29.7 Å². The molecule has 0 fully saturated rings. The van der Waals surface area contributed by atoms with Crippen molar-refractivity contribution in [1.29, 1.82) is 0 Å². The fourth-order valence-electron chi connectivity index (χ4n) is 3.15. The number of rotatable bonds is 8. The molecule has 0 saturated carbocycles. The zero-order valence-corrected chi connectivity index (χ0v) is 17.7. The van der Waals surface area contributed by atoms with Crippen LogP contribution in [0.5, 0.6) is 5.75 Å². The van der Waals surface area contributed by atoms with Crippen LogP contribution in [0.3, 0.4) is 0 Å². The highest BCUT2D eigenvalue weighted by molar-refractivity contribution is 5.89. The maximum absolute atomic E-state index is 12.0. The first-order valence-electron chi connectivity index (χ1n) is 9.97. The Morgan fingerprint density at radius 1 is 1.10 bits per heavy atom. The lowest BCUT2D eigenvalue weighted by Crippen LogP contribution is -2.43. The molecule has 1 aromatic heterocycles. The van der Waals surface area contributed by atoms with Gasteiger partial charge >= 0.3 is 0 Å². The molecular weight excluding hydrogens is 378 g/mol. The molecule has 7 nitrogen and oxygen atoms in total. The zero-order valence-electron chi connectivity index (χ0n) is 17.7. The molecule has 0 aliphatic heterocycles. The maximum atomic E-state index is 12.0. The topological polar surface area (TPSA) is 81.7 Å². The number of likely N-dealkylation sites (N-methyl/N-ethyl adjacent to an activating group) is 1. The number of hydrogen-bond acceptors (Lipinski definition) is 3. The van der Waals surface area contributed by atoms with Gasteiger partial charge in [-0.3, -0.25) is 4.79 Å². The fraction of sp³-hybridized carbons (Fsp3) is 0.304. The molecule has 7 heteroatoms. The number of carbonyl (C=O) groups is 1. The summed E-state index contributed by atoms with van der Waals surface area (Å²) in [4.78, 5) is 21.4. The van der Waals surface area contributed by atoms with Gasteiger partial charge in [0.05, 0.1) is 20.2 Å². The van der Waals surface area contributed by atoms with Gasteiger partial charge in [0.1, 0.15) is 5.75 Å². The van der Waals surface area contributed by atoms with E-state index < -0.39 is 0 Å². The van der Waals surface area contributed by atoms with Crippen LogP contribution in [0.25, 0.3) is 10.9 Å². The summed E-state index contributed by atoms with van der Waals surface area (Å²) in [6.45, 7) is 1.39. The molecule has 30 heavy (non-hydrogen) atoms. The van der Waals surface area contributed by atoms with Crippen LogP contribution in [-0.4, -0.2) is 56.0 Å². The first kappa shape index (κ1) is 21.2. The number of aromatic amines is 1. The van der Waals surface area contributed by atoms with E-state index in [2.05, 4.69) is 20.6 Å². The van der Waals surface area contributed by atoms with E-state index in [4.69, 9.17) is 4.74 Å². The van der Waals surface area contributed by atoms with Crippen LogP contribution >= 0.6 is 0 Å². The third-order valence-electron chi connectivity index (χ3n) is 4.82. The fourth-order valence-corrected chi connectivity index (χ4v) is 3.15. The Morgan fingerprint density at radius 3 is 2.63 bits per heavy atom. The van der Waals surface area contributed by atoms with E-state index in [1.165, 1.54) is 5.56 Å². The van der Waals surface area contributed by atoms with Crippen molar-refractivity contribution in [3.63, 3.8) is 0 Å². The predicted octanol–water partition coefficient (Wildman–Crippen LogP) is 2.54. The second-order valence-electron chi connectivity index (χ2n) is 7.17. The normalized spacial score (nSPS) is 11.4. The average Bonchev–Trinajstić information content (AvgIpc) is 3.18. The number of methoxy groups -OCH3 is 1. The van der Waals surface area contributed by atoms with E-state index in [1.807, 2.05) is 54.7 Å². The van der Waals surface area contributed by atoms with Gasteiger partial charge in [0.15, 0.2) is 5.96 Å². The van der Waals surface area contributed by atoms with Crippen LogP contribution in [0.2, 0.25) is 0 Å². The Balaban J connectivity index is 1.66. The summed E-state index contributed by atoms with van der Waals surface area (Å²) in [5.74, 6) is 1.46. The van der Waals surface area contributed by atoms with Gasteiger partial charge in [-0.15, -0.1) is 0 Å². The number of hydrogen-bond donors (Lipinski definition) is 3. The number of amides is 1. The monoisotopic (exact) mass is 407 g/mol. The third-order valence-corrected chi connectivity index (χ3v) is 4.82. The number of H-pyrrole nitrogens is 1. The Hall–Kier alpha value is -3.48. The van der Waals surface area contributed by atoms with Crippen LogP contribution in [0.4, 0.5) is 0 Å². The Morgan fingerprint density at radius 2 is 1.90 bits per heavy atom. The Labute approximate surface area is 177 Å². The number of ether oxygens (including phenoxy) is 1. The lowest BCUT2D eigenvalue weighted by molar-refractivity contribution is -0.127. The van der Waals surface area contributed by atoms with E-state index in [1.54, 1.807) is 26.1 Å². The van der Waals surface area contributed by atoms with Crippen molar-refractivity contribution in [1.82, 2.24) is 20.5 Å². The summed E-state index contributed by atoms with van der Waals surface area (Å²) >= 11 is 0. The van der Waals surface area contributed by atoms with Crippen LogP contribution < -0.4 is 15.4 Å². The second kappa shape index (κ2) is 10.3. The van der Waals surface area contributed by atoms with E-state index in [9.17, 15) is 4.79 Å². The molecule has 1 heterocycles. The van der Waals surface area contributed by atoms with Crippen LogP contribution in [-0.2, 0) is 17.8 Å². The minimum atomic E-state index is -0.00873. The summed E-state index contributed by atoms with van der Waals surface area (Å²) < 4.78 is 5.51. The van der Waals surface area contributed by atoms with E-state index in [0.29, 0.717) is 19.0 Å². The Bertz CT molecular complexity index is 995. The SMILES string of the molecule is COc1cccc2[nH]cc(CCNC(=NCc3ccccc3)NCC(=O)N(C)C)c12. The first-order valence-corrected chi connectivity index (χ1v) is 9.97. The number of aromatic nitrogens is 1. The predicted molar refractivity (Wildman–Crippen MR) is 121 cm³/mol. The second-order valence-corrected chi connectivity index (χ2v) is 7.17. The average molecular weight is 408 g/mol. The molecule has 0 atom stereocenters. The molecule has 0 spiro atoms. The number of guanidine groups is 1. The van der Waals surface area contributed by atoms with Crippen molar-refractivity contribution < 1.29 is 9.53 Å². The van der Waals surface area contributed by atoms with Crippen LogP contribution in [0.15, 0.2) is 59.7 Å². The molecule has 0 radical (unpaired) electrons. The molecule has 0 aliphatic carbocycles. The first-order chi connectivity index (χ1) is 14.6. The van der Waals surface area contributed by atoms with Crippen molar-refractivity contribution in [3.8, 4) is 5.75 Å². The molecule has 0 bridgehead atoms. The number of carbonyl (C=O) groups excluding carboxylic acids is 1. The van der Waals surface area contributed by atoms with Gasteiger partial charge in [-0.25, -0.2) is 4.99 Å². The quantitative estimate of drug-likeness (QED) is 0.396. The molecule has 3 aromatic rings. The summed E-state index contributed by atoms with van der Waals surface area (Å²) in [7, 11) is 5.16. The number of fused-ring (bicyclic) bond motifs is 1. The number of aliphatic imine (C=N–C) groups is 1. The van der Waals surface area contributed by atoms with E-state index in [0.717, 1.165) is 28.6 Å². The van der Waals surface area contributed by atoms with Crippen LogP contribution in [0.1, 0.15) is 11.1 Å². The summed E-state index contributed by atoms with van der Waals surface area (Å²) in [5, 5.41) is 7.56. The van der Waals surface area contributed by atoms with Gasteiger partial charge in [-0.1, -0.05) is 36.4 Å². The maximum Gasteiger partial charge on any atom is 0.241 e. The van der Waals surface area contributed by atoms with Crippen molar-refractivity contribution in [2.24, 2.45) is 4.99 Å². The highest BCUT2D eigenvalue weighted by Crippen LogP contribution is 2.28. The van der Waals surface area contributed by atoms with Crippen LogP contribution in [0, 0.1) is 0 Å². The molecule has 0 saturated heterocycles. The van der Waals surface area contributed by atoms with Crippen molar-refractivity contribution in [2.45, 2.75) is 13.0 Å². The third kappa shape index (κ3) is 5.53. The lowest BCUT2D eigenvalue weighted by Gasteiger charge is -2.15. The molecule has 3 rings (SSSR count). The number of benzene rings is 2. The highest BCUT2D eigenvalue weighted by atomic mass is 16.5. The Kier molecular flexibility index (Phi) is 7.32. The van der Waals surface area contributed by atoms with Gasteiger partial charge in [0.2, 0.25) is 5.91 Å². The lowest BCUT2D eigenvalue weighted by atomic mass is 10.1. The van der Waals surface area contributed by atoms with Gasteiger partial charge in [-0.2, -0.15) is 0 Å². The van der Waals surface area contributed by atoms with E-state index in [-0.39, 0.29) is 12.5 Å². The molecular formula is C23H29N5O2. The number of nitrogens with zero attached hydrogens (tertiary/aromatic N) is 2. The summed E-state index contributed by atoms with van der Waals surface area (Å²) in [6.07, 6.45) is 2.80. The molecule has 3 N–H and O–H groups in total. The standard InChI is InChI=1S/C23H29N5O2/c1-28(2)21(29)16-27-23(26-14-17-8-5-4-6-9-17)24-13-12-18-15-25-19-10-7-11-20(30-3)22(18)19/h4-11,15,25H,12-14,16H2,1-3H3,(H2,24,26,27). The molecule has 2 aromatic carbocycles. The molecule has 158 valence electrons. The van der Waals surface area contributed by atoms with E-state index >= 15 is 0 Å². The minimum absolute atomic E-state index is 0.00873. The van der Waals surface area contributed by atoms with Crippen molar-refractivity contribution in [3.05, 3.63) is 65.9 Å². The summed E-state index contributed by atoms with van der Waals surface area (Å²) in [5.41, 5.74) is 3.33. The molecule has 0 aliphatic rings. The highest BCUT2D eigenvalue weighted by Gasteiger charge is 2.10. The van der Waals surface area contributed by atoms with Gasteiger partial charge in [0, 0.05) is 37.7 Å². The summed E-state index contributed by atoms with van der Waals surface area (Å²) in [6, 6.07) is 16.0. The van der Waals surface area contributed by atoms with Gasteiger partial charge < -0.3 is 25.3 Å². The molecule has 0 unspecified atom stereocenters. The smallest absolute Gasteiger partial charge is 0.241 e. The van der Waals surface area contributed by atoms with Crippen molar-refractivity contribution in [2.75, 3.05) is 34.3 Å². The van der Waals surface area contributed by atoms with Crippen molar-refractivity contribution >= 4 is 22.8 Å². The van der Waals surface area contributed by atoms with Gasteiger partial charge in [0.25, 0.3) is 0 Å². The molecule has 1 amide bonds. The number of nitrogens with one attached hydrogen (secondary N) is 3. The minimum Gasteiger partial charge on any atom is -0.496 e. The largest absolute Gasteiger partial charge is 0.496 e. The zero-order chi connectivity index (χ0) is 21.3.